The molecular formula is C15H23NO2. The van der Waals surface area contributed by atoms with Crippen LogP contribution < -0.4 is 10.1 Å². The van der Waals surface area contributed by atoms with Gasteiger partial charge in [0.1, 0.15) is 5.75 Å². The van der Waals surface area contributed by atoms with E-state index in [4.69, 9.17) is 4.74 Å². The lowest BCUT2D eigenvalue weighted by atomic mass is 9.96. The van der Waals surface area contributed by atoms with Crippen molar-refractivity contribution >= 4 is 0 Å². The summed E-state index contributed by atoms with van der Waals surface area (Å²) in [6.45, 7) is 6.30. The van der Waals surface area contributed by atoms with E-state index in [1.54, 1.807) is 0 Å². The van der Waals surface area contributed by atoms with Crippen molar-refractivity contribution < 1.29 is 9.84 Å². The maximum atomic E-state index is 10.2. The summed E-state index contributed by atoms with van der Waals surface area (Å²) < 4.78 is 5.64. The minimum atomic E-state index is -0.570. The fourth-order valence-corrected chi connectivity index (χ4v) is 2.38. The Balaban J connectivity index is 1.86. The zero-order chi connectivity index (χ0) is 13.0. The fraction of sp³-hybridized carbons (Fsp3) is 0.600. The number of benzene rings is 1. The molecule has 0 aromatic heterocycles. The second-order valence-electron chi connectivity index (χ2n) is 5.11. The van der Waals surface area contributed by atoms with E-state index in [1.165, 1.54) is 5.56 Å². The summed E-state index contributed by atoms with van der Waals surface area (Å²) in [5.74, 6) is 1.41. The molecule has 0 spiro atoms. The van der Waals surface area contributed by atoms with E-state index in [1.807, 2.05) is 26.0 Å². The molecule has 0 aliphatic carbocycles. The summed E-state index contributed by atoms with van der Waals surface area (Å²) in [5.41, 5.74) is 0.709. The monoisotopic (exact) mass is 249 g/mol. The number of fused-ring (bicyclic) bond motifs is 1. The predicted molar refractivity (Wildman–Crippen MR) is 73.1 cm³/mol. The predicted octanol–water partition coefficient (Wildman–Crippen LogP) is 2.30. The molecule has 0 saturated carbocycles. The smallest absolute Gasteiger partial charge is 0.122 e. The molecule has 0 fully saturated rings. The molecule has 3 heteroatoms. The van der Waals surface area contributed by atoms with Crippen molar-refractivity contribution in [3.8, 4) is 5.75 Å². The third-order valence-corrected chi connectivity index (χ3v) is 3.96. The second-order valence-corrected chi connectivity index (χ2v) is 5.11. The van der Waals surface area contributed by atoms with E-state index < -0.39 is 5.60 Å². The van der Waals surface area contributed by atoms with Gasteiger partial charge in [-0.2, -0.15) is 0 Å². The highest BCUT2D eigenvalue weighted by atomic mass is 16.5. The number of aliphatic hydroxyl groups is 1. The maximum Gasteiger partial charge on any atom is 0.122 e. The van der Waals surface area contributed by atoms with E-state index in [0.29, 0.717) is 12.5 Å². The first-order valence-corrected chi connectivity index (χ1v) is 6.83. The first-order valence-electron chi connectivity index (χ1n) is 6.83. The normalized spacial score (nSPS) is 18.5. The Hall–Kier alpha value is -1.06. The number of rotatable bonds is 6. The Morgan fingerprint density at radius 3 is 2.78 bits per heavy atom. The molecule has 1 unspecified atom stereocenters. The molecular weight excluding hydrogens is 226 g/mol. The van der Waals surface area contributed by atoms with Crippen LogP contribution in [0.15, 0.2) is 24.3 Å². The highest BCUT2D eigenvalue weighted by Gasteiger charge is 2.25. The minimum absolute atomic E-state index is 0.402. The third-order valence-electron chi connectivity index (χ3n) is 3.96. The van der Waals surface area contributed by atoms with Crippen LogP contribution in [-0.2, 0) is 0 Å². The van der Waals surface area contributed by atoms with Gasteiger partial charge in [-0.25, -0.2) is 0 Å². The van der Waals surface area contributed by atoms with Crippen molar-refractivity contribution in [2.24, 2.45) is 0 Å². The summed E-state index contributed by atoms with van der Waals surface area (Å²) in [6.07, 6.45) is 1.57. The van der Waals surface area contributed by atoms with E-state index in [0.717, 1.165) is 31.7 Å². The molecule has 2 rings (SSSR count). The molecule has 1 heterocycles. The lowest BCUT2D eigenvalue weighted by Crippen LogP contribution is -2.41. The van der Waals surface area contributed by atoms with Crippen LogP contribution in [0.4, 0.5) is 0 Å². The van der Waals surface area contributed by atoms with Gasteiger partial charge in [0.15, 0.2) is 0 Å². The van der Waals surface area contributed by atoms with Crippen LogP contribution in [0.2, 0.25) is 0 Å². The maximum absolute atomic E-state index is 10.2. The molecule has 0 amide bonds. The van der Waals surface area contributed by atoms with E-state index >= 15 is 0 Å². The molecule has 100 valence electrons. The molecule has 1 aromatic rings. The molecule has 3 nitrogen and oxygen atoms in total. The van der Waals surface area contributed by atoms with Crippen molar-refractivity contribution in [3.63, 3.8) is 0 Å². The summed E-state index contributed by atoms with van der Waals surface area (Å²) in [7, 11) is 0. The standard InChI is InChI=1S/C15H23NO2/c1-3-15(17,4-2)11-16-9-12-10-18-14-8-6-5-7-13(12)14/h5-8,12,16-17H,3-4,9-11H2,1-2H3. The van der Waals surface area contributed by atoms with Crippen LogP contribution >= 0.6 is 0 Å². The highest BCUT2D eigenvalue weighted by Crippen LogP contribution is 2.32. The highest BCUT2D eigenvalue weighted by molar-refractivity contribution is 5.39. The molecule has 1 aliphatic heterocycles. The van der Waals surface area contributed by atoms with Gasteiger partial charge in [-0.1, -0.05) is 32.0 Å². The molecule has 0 radical (unpaired) electrons. The van der Waals surface area contributed by atoms with Crippen LogP contribution in [0.5, 0.6) is 5.75 Å². The third kappa shape index (κ3) is 2.85. The molecule has 2 N–H and O–H groups in total. The van der Waals surface area contributed by atoms with Crippen LogP contribution in [0, 0.1) is 0 Å². The van der Waals surface area contributed by atoms with Gasteiger partial charge in [0.25, 0.3) is 0 Å². The number of para-hydroxylation sites is 1. The minimum Gasteiger partial charge on any atom is -0.493 e. The van der Waals surface area contributed by atoms with Gasteiger partial charge in [-0.05, 0) is 18.9 Å². The van der Waals surface area contributed by atoms with Crippen LogP contribution in [0.3, 0.4) is 0 Å². The first kappa shape index (κ1) is 13.4. The van der Waals surface area contributed by atoms with Gasteiger partial charge in [0, 0.05) is 24.6 Å². The Labute approximate surface area is 109 Å². The molecule has 1 atom stereocenters. The Morgan fingerprint density at radius 1 is 1.33 bits per heavy atom. The first-order chi connectivity index (χ1) is 8.68. The molecule has 1 aliphatic rings. The lowest BCUT2D eigenvalue weighted by Gasteiger charge is -2.26. The Morgan fingerprint density at radius 2 is 2.06 bits per heavy atom. The van der Waals surface area contributed by atoms with Crippen molar-refractivity contribution in [2.45, 2.75) is 38.2 Å². The summed E-state index contributed by atoms with van der Waals surface area (Å²) >= 11 is 0. The number of ether oxygens (including phenoxy) is 1. The SMILES string of the molecule is CCC(O)(CC)CNCC1COc2ccccc21. The largest absolute Gasteiger partial charge is 0.493 e. The topological polar surface area (TPSA) is 41.5 Å². The van der Waals surface area contributed by atoms with Crippen molar-refractivity contribution in [3.05, 3.63) is 29.8 Å². The van der Waals surface area contributed by atoms with Crippen LogP contribution in [-0.4, -0.2) is 30.4 Å². The van der Waals surface area contributed by atoms with Gasteiger partial charge in [-0.3, -0.25) is 0 Å². The summed E-state index contributed by atoms with van der Waals surface area (Å²) in [6, 6.07) is 8.20. The van der Waals surface area contributed by atoms with Gasteiger partial charge < -0.3 is 15.2 Å². The lowest BCUT2D eigenvalue weighted by molar-refractivity contribution is 0.0323. The van der Waals surface area contributed by atoms with Gasteiger partial charge in [0.2, 0.25) is 0 Å². The molecule has 1 aromatic carbocycles. The van der Waals surface area contributed by atoms with E-state index in [9.17, 15) is 5.11 Å². The average Bonchev–Trinajstić information content (AvgIpc) is 2.82. The second kappa shape index (κ2) is 5.72. The molecule has 0 bridgehead atoms. The summed E-state index contributed by atoms with van der Waals surface area (Å²) in [5, 5.41) is 13.6. The quantitative estimate of drug-likeness (QED) is 0.813. The number of hydrogen-bond donors (Lipinski definition) is 2. The number of hydrogen-bond acceptors (Lipinski definition) is 3. The average molecular weight is 249 g/mol. The van der Waals surface area contributed by atoms with Crippen molar-refractivity contribution in [1.29, 1.82) is 0 Å². The van der Waals surface area contributed by atoms with Gasteiger partial charge >= 0.3 is 0 Å². The van der Waals surface area contributed by atoms with Gasteiger partial charge in [0.05, 0.1) is 12.2 Å². The fourth-order valence-electron chi connectivity index (χ4n) is 2.38. The summed E-state index contributed by atoms with van der Waals surface area (Å²) in [4.78, 5) is 0. The van der Waals surface area contributed by atoms with Crippen LogP contribution in [0.1, 0.15) is 38.2 Å². The molecule has 0 saturated heterocycles. The van der Waals surface area contributed by atoms with Crippen molar-refractivity contribution in [2.75, 3.05) is 19.7 Å². The number of nitrogens with one attached hydrogen (secondary N) is 1. The molecule has 18 heavy (non-hydrogen) atoms. The van der Waals surface area contributed by atoms with Crippen LogP contribution in [0.25, 0.3) is 0 Å². The zero-order valence-electron chi connectivity index (χ0n) is 11.3. The van der Waals surface area contributed by atoms with Crippen molar-refractivity contribution in [1.82, 2.24) is 5.32 Å². The van der Waals surface area contributed by atoms with E-state index in [2.05, 4.69) is 17.4 Å². The Bertz CT molecular complexity index is 388. The zero-order valence-corrected chi connectivity index (χ0v) is 11.3. The van der Waals surface area contributed by atoms with E-state index in [-0.39, 0.29) is 0 Å². The Kier molecular flexibility index (Phi) is 4.25. The van der Waals surface area contributed by atoms with Gasteiger partial charge in [-0.15, -0.1) is 0 Å².